The van der Waals surface area contributed by atoms with Crippen LogP contribution in [0.4, 0.5) is 5.13 Å². The second kappa shape index (κ2) is 12.1. The van der Waals surface area contributed by atoms with E-state index >= 15 is 0 Å². The maximum atomic E-state index is 14.0. The van der Waals surface area contributed by atoms with Gasteiger partial charge in [-0.05, 0) is 48.4 Å². The number of halogens is 1. The van der Waals surface area contributed by atoms with Crippen LogP contribution in [-0.4, -0.2) is 40.7 Å². The highest BCUT2D eigenvalue weighted by Gasteiger charge is 2.47. The SMILES string of the molecule is CCOc1cccc(C2C(C(=O)c3cc4cccc(OC)c4o3)=C(O)C(=O)N2c2nnc(SCc3ccccc3Cl)s2)c1. The molecule has 6 rings (SSSR count). The van der Waals surface area contributed by atoms with E-state index in [1.165, 1.54) is 35.1 Å². The molecule has 218 valence electrons. The number of rotatable bonds is 10. The third-order valence-corrected chi connectivity index (χ3v) is 9.27. The Kier molecular flexibility index (Phi) is 8.11. The van der Waals surface area contributed by atoms with Crippen LogP contribution in [0.25, 0.3) is 11.0 Å². The summed E-state index contributed by atoms with van der Waals surface area (Å²) in [6.45, 7) is 2.28. The minimum Gasteiger partial charge on any atom is -0.503 e. The van der Waals surface area contributed by atoms with E-state index in [-0.39, 0.29) is 16.5 Å². The molecular weight excluding hydrogens is 610 g/mol. The number of methoxy groups -OCH3 is 1. The number of furan rings is 1. The van der Waals surface area contributed by atoms with Crippen molar-refractivity contribution in [3.05, 3.63) is 106 Å². The van der Waals surface area contributed by atoms with Crippen molar-refractivity contribution < 1.29 is 28.6 Å². The van der Waals surface area contributed by atoms with Gasteiger partial charge in [-0.25, -0.2) is 0 Å². The average molecular weight is 634 g/mol. The molecule has 3 aromatic carbocycles. The van der Waals surface area contributed by atoms with Crippen LogP contribution in [0.1, 0.15) is 34.6 Å². The van der Waals surface area contributed by atoms with Crippen molar-refractivity contribution >= 4 is 62.5 Å². The molecule has 1 atom stereocenters. The Labute approximate surface area is 259 Å². The average Bonchev–Trinajstić information content (AvgIpc) is 3.73. The van der Waals surface area contributed by atoms with Crippen LogP contribution in [0.5, 0.6) is 11.5 Å². The largest absolute Gasteiger partial charge is 0.503 e. The third-order valence-electron chi connectivity index (χ3n) is 6.80. The number of aliphatic hydroxyl groups excluding tert-OH is 1. The highest BCUT2D eigenvalue weighted by atomic mass is 35.5. The van der Waals surface area contributed by atoms with E-state index in [2.05, 4.69) is 10.2 Å². The van der Waals surface area contributed by atoms with Gasteiger partial charge < -0.3 is 19.0 Å². The normalized spacial score (nSPS) is 15.0. The number of thioether (sulfide) groups is 1. The van der Waals surface area contributed by atoms with Crippen LogP contribution in [-0.2, 0) is 10.5 Å². The topological polar surface area (TPSA) is 115 Å². The number of carbonyl (C=O) groups excluding carboxylic acids is 2. The molecule has 0 fully saturated rings. The van der Waals surface area contributed by atoms with Gasteiger partial charge in [-0.15, -0.1) is 10.2 Å². The molecule has 0 saturated carbocycles. The number of benzene rings is 3. The molecule has 1 amide bonds. The van der Waals surface area contributed by atoms with Gasteiger partial charge in [0, 0.05) is 16.2 Å². The van der Waals surface area contributed by atoms with Crippen LogP contribution in [0.15, 0.2) is 92.9 Å². The standard InChI is InChI=1S/C31H24ClN3O6S2/c1-3-40-20-11-6-9-17(14-20)25-24(26(36)23-15-18-10-7-13-22(39-2)28(18)41-23)27(37)29(38)35(25)30-33-34-31(43-30)42-16-19-8-4-5-12-21(19)32/h4-15,25,37H,3,16H2,1-2H3. The lowest BCUT2D eigenvalue weighted by molar-refractivity contribution is -0.117. The first-order chi connectivity index (χ1) is 20.9. The van der Waals surface area contributed by atoms with Gasteiger partial charge >= 0.3 is 0 Å². The van der Waals surface area contributed by atoms with Crippen LogP contribution in [0.2, 0.25) is 5.02 Å². The lowest BCUT2D eigenvalue weighted by Gasteiger charge is -2.24. The fourth-order valence-corrected chi connectivity index (χ4v) is 7.00. The van der Waals surface area contributed by atoms with Crippen LogP contribution >= 0.6 is 34.7 Å². The van der Waals surface area contributed by atoms with E-state index < -0.39 is 23.5 Å². The van der Waals surface area contributed by atoms with Gasteiger partial charge in [-0.3, -0.25) is 14.5 Å². The molecule has 0 spiro atoms. The van der Waals surface area contributed by atoms with Gasteiger partial charge in [0.1, 0.15) is 5.75 Å². The number of para-hydroxylation sites is 1. The molecule has 0 radical (unpaired) electrons. The first kappa shape index (κ1) is 28.8. The van der Waals surface area contributed by atoms with E-state index in [1.54, 1.807) is 48.5 Å². The summed E-state index contributed by atoms with van der Waals surface area (Å²) >= 11 is 8.90. The summed E-state index contributed by atoms with van der Waals surface area (Å²) in [5.41, 5.74) is 1.72. The fourth-order valence-electron chi connectivity index (χ4n) is 4.85. The number of hydrogen-bond acceptors (Lipinski definition) is 10. The number of anilines is 1. The van der Waals surface area contributed by atoms with Crippen molar-refractivity contribution in [1.29, 1.82) is 0 Å². The lowest BCUT2D eigenvalue weighted by atomic mass is 9.95. The molecule has 9 nitrogen and oxygen atoms in total. The Bertz CT molecular complexity index is 1880. The Balaban J connectivity index is 1.39. The van der Waals surface area contributed by atoms with E-state index in [1.807, 2.05) is 31.2 Å². The first-order valence-electron chi connectivity index (χ1n) is 13.2. The lowest BCUT2D eigenvalue weighted by Crippen LogP contribution is -2.31. The van der Waals surface area contributed by atoms with E-state index in [4.69, 9.17) is 25.5 Å². The van der Waals surface area contributed by atoms with Crippen molar-refractivity contribution in [2.24, 2.45) is 0 Å². The van der Waals surface area contributed by atoms with Gasteiger partial charge in [0.2, 0.25) is 10.9 Å². The number of fused-ring (bicyclic) bond motifs is 1. The zero-order valence-corrected chi connectivity index (χ0v) is 25.3. The Morgan fingerprint density at radius 3 is 2.72 bits per heavy atom. The summed E-state index contributed by atoms with van der Waals surface area (Å²) in [5.74, 6) is -0.605. The van der Waals surface area contributed by atoms with Gasteiger partial charge in [0.25, 0.3) is 5.91 Å². The molecule has 1 unspecified atom stereocenters. The molecule has 1 N–H and O–H groups in total. The van der Waals surface area contributed by atoms with Gasteiger partial charge in [-0.2, -0.15) is 0 Å². The Hall–Kier alpha value is -4.32. The molecule has 1 aliphatic heterocycles. The molecule has 43 heavy (non-hydrogen) atoms. The number of ketones is 1. The summed E-state index contributed by atoms with van der Waals surface area (Å²) in [6, 6.07) is 20.4. The molecule has 2 aromatic heterocycles. The predicted octanol–water partition coefficient (Wildman–Crippen LogP) is 7.42. The minimum atomic E-state index is -1.02. The van der Waals surface area contributed by atoms with Crippen molar-refractivity contribution in [2.45, 2.75) is 23.1 Å². The quantitative estimate of drug-likeness (QED) is 0.0953. The molecule has 0 bridgehead atoms. The fraction of sp³-hybridized carbons (Fsp3) is 0.161. The molecule has 3 heterocycles. The summed E-state index contributed by atoms with van der Waals surface area (Å²) in [4.78, 5) is 29.0. The molecule has 5 aromatic rings. The maximum Gasteiger partial charge on any atom is 0.296 e. The smallest absolute Gasteiger partial charge is 0.296 e. The van der Waals surface area contributed by atoms with Gasteiger partial charge in [0.15, 0.2) is 27.2 Å². The molecule has 12 heteroatoms. The predicted molar refractivity (Wildman–Crippen MR) is 166 cm³/mol. The number of Topliss-reactive ketones (excluding diaryl/α,β-unsaturated/α-hetero) is 1. The number of aliphatic hydroxyl groups is 1. The second-order valence-corrected chi connectivity index (χ2v) is 12.0. The van der Waals surface area contributed by atoms with Crippen molar-refractivity contribution in [3.8, 4) is 11.5 Å². The molecule has 1 aliphatic rings. The van der Waals surface area contributed by atoms with Crippen LogP contribution in [0, 0.1) is 0 Å². The number of hydrogen-bond donors (Lipinski definition) is 1. The Morgan fingerprint density at radius 1 is 1.12 bits per heavy atom. The summed E-state index contributed by atoms with van der Waals surface area (Å²) in [5, 5.41) is 21.2. The van der Waals surface area contributed by atoms with Crippen LogP contribution < -0.4 is 14.4 Å². The summed E-state index contributed by atoms with van der Waals surface area (Å²) in [6.07, 6.45) is 0. The van der Waals surface area contributed by atoms with Gasteiger partial charge in [-0.1, -0.05) is 77.2 Å². The number of aromatic nitrogens is 2. The molecule has 0 saturated heterocycles. The highest BCUT2D eigenvalue weighted by molar-refractivity contribution is 8.00. The number of nitrogens with zero attached hydrogens (tertiary/aromatic N) is 3. The zero-order chi connectivity index (χ0) is 30.1. The number of amides is 1. The summed E-state index contributed by atoms with van der Waals surface area (Å²) in [7, 11) is 1.51. The van der Waals surface area contributed by atoms with E-state index in [9.17, 15) is 14.7 Å². The second-order valence-electron chi connectivity index (χ2n) is 9.39. The number of ether oxygens (including phenoxy) is 2. The van der Waals surface area contributed by atoms with E-state index in [0.717, 1.165) is 5.56 Å². The zero-order valence-electron chi connectivity index (χ0n) is 22.9. The molecule has 0 aliphatic carbocycles. The Morgan fingerprint density at radius 2 is 1.93 bits per heavy atom. The van der Waals surface area contributed by atoms with Crippen molar-refractivity contribution in [3.63, 3.8) is 0 Å². The summed E-state index contributed by atoms with van der Waals surface area (Å²) < 4.78 is 17.6. The molecular formula is C31H24ClN3O6S2. The number of carbonyl (C=O) groups is 2. The van der Waals surface area contributed by atoms with Crippen LogP contribution in [0.3, 0.4) is 0 Å². The minimum absolute atomic E-state index is 0.0464. The third kappa shape index (κ3) is 5.47. The van der Waals surface area contributed by atoms with E-state index in [0.29, 0.717) is 49.8 Å². The van der Waals surface area contributed by atoms with Crippen molar-refractivity contribution in [2.75, 3.05) is 18.6 Å². The van der Waals surface area contributed by atoms with Gasteiger partial charge in [0.05, 0.1) is 25.3 Å². The monoisotopic (exact) mass is 633 g/mol. The maximum absolute atomic E-state index is 14.0. The van der Waals surface area contributed by atoms with Crippen molar-refractivity contribution in [1.82, 2.24) is 10.2 Å². The highest BCUT2D eigenvalue weighted by Crippen LogP contribution is 2.45. The first-order valence-corrected chi connectivity index (χ1v) is 15.4.